The fraction of sp³-hybridized carbons (Fsp3) is 0.529. The van der Waals surface area contributed by atoms with Crippen molar-refractivity contribution < 1.29 is 9.59 Å². The van der Waals surface area contributed by atoms with Crippen molar-refractivity contribution >= 4 is 35.2 Å². The molecule has 2 aliphatic rings. The van der Waals surface area contributed by atoms with Crippen LogP contribution in [0.4, 0.5) is 0 Å². The Morgan fingerprint density at radius 3 is 3.04 bits per heavy atom. The Bertz CT molecular complexity index is 607. The zero-order valence-corrected chi connectivity index (χ0v) is 15.0. The van der Waals surface area contributed by atoms with E-state index in [1.165, 1.54) is 0 Å². The molecule has 2 heterocycles. The maximum atomic E-state index is 12.4. The third-order valence-electron chi connectivity index (χ3n) is 4.48. The summed E-state index contributed by atoms with van der Waals surface area (Å²) < 4.78 is 0. The minimum absolute atomic E-state index is 0.0901. The van der Waals surface area contributed by atoms with Gasteiger partial charge < -0.3 is 15.5 Å². The lowest BCUT2D eigenvalue weighted by Crippen LogP contribution is -2.42. The molecule has 0 spiro atoms. The topological polar surface area (TPSA) is 61.4 Å². The molecule has 2 unspecified atom stereocenters. The highest BCUT2D eigenvalue weighted by Gasteiger charge is 2.33. The number of carbonyl (C=O) groups excluding carboxylic acids is 2. The highest BCUT2D eigenvalue weighted by atomic mass is 35.5. The monoisotopic (exact) mass is 367 g/mol. The van der Waals surface area contributed by atoms with Crippen molar-refractivity contribution in [3.8, 4) is 0 Å². The SMILES string of the molecule is O=C(NCC1CNC(C(=O)N2CCSC2)C1)c1cccc(CCl)c1. The van der Waals surface area contributed by atoms with E-state index in [1.807, 2.05) is 23.1 Å². The summed E-state index contributed by atoms with van der Waals surface area (Å²) in [6.07, 6.45) is 0.780. The summed E-state index contributed by atoms with van der Waals surface area (Å²) in [5.41, 5.74) is 1.56. The van der Waals surface area contributed by atoms with Gasteiger partial charge in [0.2, 0.25) is 5.91 Å². The van der Waals surface area contributed by atoms with Gasteiger partial charge in [-0.2, -0.15) is 0 Å². The summed E-state index contributed by atoms with van der Waals surface area (Å²) in [6, 6.07) is 7.23. The molecule has 0 aliphatic carbocycles. The van der Waals surface area contributed by atoms with Gasteiger partial charge in [0.25, 0.3) is 5.91 Å². The van der Waals surface area contributed by atoms with Crippen LogP contribution >= 0.6 is 23.4 Å². The predicted octanol–water partition coefficient (Wildman–Crippen LogP) is 1.67. The molecule has 2 fully saturated rings. The van der Waals surface area contributed by atoms with Gasteiger partial charge in [-0.3, -0.25) is 9.59 Å². The van der Waals surface area contributed by atoms with Gasteiger partial charge in [-0.25, -0.2) is 0 Å². The molecule has 2 amide bonds. The molecule has 0 aromatic heterocycles. The molecule has 2 atom stereocenters. The lowest BCUT2D eigenvalue weighted by Gasteiger charge is -2.19. The molecule has 0 saturated carbocycles. The van der Waals surface area contributed by atoms with Gasteiger partial charge in [0.1, 0.15) is 0 Å². The zero-order valence-electron chi connectivity index (χ0n) is 13.5. The molecule has 5 nitrogen and oxygen atoms in total. The van der Waals surface area contributed by atoms with Crippen LogP contribution in [0.2, 0.25) is 0 Å². The third-order valence-corrected chi connectivity index (χ3v) is 5.75. The van der Waals surface area contributed by atoms with Gasteiger partial charge in [-0.1, -0.05) is 12.1 Å². The van der Waals surface area contributed by atoms with Crippen LogP contribution in [0.25, 0.3) is 0 Å². The minimum Gasteiger partial charge on any atom is -0.352 e. The Balaban J connectivity index is 1.47. The second-order valence-corrected chi connectivity index (χ2v) is 7.59. The van der Waals surface area contributed by atoms with Crippen molar-refractivity contribution in [2.75, 3.05) is 31.3 Å². The van der Waals surface area contributed by atoms with Gasteiger partial charge in [0.15, 0.2) is 0 Å². The second-order valence-electron chi connectivity index (χ2n) is 6.25. The predicted molar refractivity (Wildman–Crippen MR) is 97.3 cm³/mol. The number of halogens is 1. The molecule has 7 heteroatoms. The van der Waals surface area contributed by atoms with Crippen LogP contribution in [0, 0.1) is 5.92 Å². The fourth-order valence-electron chi connectivity index (χ4n) is 3.10. The number of amides is 2. The normalized spacial score (nSPS) is 23.5. The Morgan fingerprint density at radius 1 is 1.42 bits per heavy atom. The standard InChI is InChI=1S/C17H22ClN3O2S/c18-8-12-2-1-3-14(6-12)16(22)20-10-13-7-15(19-9-13)17(23)21-4-5-24-11-21/h1-3,6,13,15,19H,4-5,7-11H2,(H,20,22). The highest BCUT2D eigenvalue weighted by molar-refractivity contribution is 7.99. The van der Waals surface area contributed by atoms with Gasteiger partial charge in [0, 0.05) is 36.8 Å². The van der Waals surface area contributed by atoms with Crippen LogP contribution < -0.4 is 10.6 Å². The van der Waals surface area contributed by atoms with E-state index in [1.54, 1.807) is 17.8 Å². The Morgan fingerprint density at radius 2 is 2.29 bits per heavy atom. The molecule has 24 heavy (non-hydrogen) atoms. The number of nitrogens with one attached hydrogen (secondary N) is 2. The molecular weight excluding hydrogens is 346 g/mol. The third kappa shape index (κ3) is 4.23. The van der Waals surface area contributed by atoms with Crippen LogP contribution in [-0.2, 0) is 10.7 Å². The molecule has 2 N–H and O–H groups in total. The van der Waals surface area contributed by atoms with E-state index in [4.69, 9.17) is 11.6 Å². The maximum Gasteiger partial charge on any atom is 0.251 e. The number of hydrogen-bond donors (Lipinski definition) is 2. The van der Waals surface area contributed by atoms with Gasteiger partial charge in [0.05, 0.1) is 11.9 Å². The van der Waals surface area contributed by atoms with Crippen molar-refractivity contribution in [2.45, 2.75) is 18.3 Å². The molecule has 2 saturated heterocycles. The number of thioether (sulfide) groups is 1. The van der Waals surface area contributed by atoms with E-state index in [0.717, 1.165) is 36.7 Å². The van der Waals surface area contributed by atoms with Crippen molar-refractivity contribution in [3.63, 3.8) is 0 Å². The lowest BCUT2D eigenvalue weighted by atomic mass is 10.0. The first-order valence-electron chi connectivity index (χ1n) is 8.20. The van der Waals surface area contributed by atoms with E-state index in [0.29, 0.717) is 18.0 Å². The summed E-state index contributed by atoms with van der Waals surface area (Å²) in [5.74, 6) is 2.62. The van der Waals surface area contributed by atoms with Crippen molar-refractivity contribution in [1.29, 1.82) is 0 Å². The summed E-state index contributed by atoms with van der Waals surface area (Å²) in [6.45, 7) is 2.19. The Kier molecular flexibility index (Phi) is 6.03. The van der Waals surface area contributed by atoms with E-state index >= 15 is 0 Å². The largest absolute Gasteiger partial charge is 0.352 e. The van der Waals surface area contributed by atoms with Crippen LogP contribution in [0.3, 0.4) is 0 Å². The van der Waals surface area contributed by atoms with Gasteiger partial charge in [-0.05, 0) is 30.0 Å². The van der Waals surface area contributed by atoms with E-state index in [9.17, 15) is 9.59 Å². The quantitative estimate of drug-likeness (QED) is 0.777. The van der Waals surface area contributed by atoms with Crippen LogP contribution in [0.5, 0.6) is 0 Å². The maximum absolute atomic E-state index is 12.4. The smallest absolute Gasteiger partial charge is 0.251 e. The molecular formula is C17H22ClN3O2S. The summed E-state index contributed by atoms with van der Waals surface area (Å²) in [5, 5.41) is 6.27. The molecule has 0 radical (unpaired) electrons. The highest BCUT2D eigenvalue weighted by Crippen LogP contribution is 2.20. The van der Waals surface area contributed by atoms with Crippen molar-refractivity contribution in [2.24, 2.45) is 5.92 Å². The zero-order chi connectivity index (χ0) is 16.9. The first-order valence-corrected chi connectivity index (χ1v) is 9.89. The molecule has 3 rings (SSSR count). The summed E-state index contributed by atoms with van der Waals surface area (Å²) in [7, 11) is 0. The van der Waals surface area contributed by atoms with Crippen molar-refractivity contribution in [1.82, 2.24) is 15.5 Å². The van der Waals surface area contributed by atoms with Gasteiger partial charge >= 0.3 is 0 Å². The molecule has 2 aliphatic heterocycles. The summed E-state index contributed by atoms with van der Waals surface area (Å²) in [4.78, 5) is 26.5. The van der Waals surface area contributed by atoms with Crippen LogP contribution in [0.15, 0.2) is 24.3 Å². The van der Waals surface area contributed by atoms with Crippen LogP contribution in [0.1, 0.15) is 22.3 Å². The van der Waals surface area contributed by atoms with E-state index in [2.05, 4.69) is 10.6 Å². The average Bonchev–Trinajstić information content (AvgIpc) is 3.31. The number of hydrogen-bond acceptors (Lipinski definition) is 4. The molecule has 1 aromatic carbocycles. The second kappa shape index (κ2) is 8.23. The average molecular weight is 368 g/mol. The first-order chi connectivity index (χ1) is 11.7. The summed E-state index contributed by atoms with van der Waals surface area (Å²) >= 11 is 7.60. The fourth-order valence-corrected chi connectivity index (χ4v) is 4.22. The molecule has 130 valence electrons. The number of benzene rings is 1. The number of alkyl halides is 1. The number of nitrogens with zero attached hydrogens (tertiary/aromatic N) is 1. The van der Waals surface area contributed by atoms with Crippen molar-refractivity contribution in [3.05, 3.63) is 35.4 Å². The first kappa shape index (κ1) is 17.6. The lowest BCUT2D eigenvalue weighted by molar-refractivity contribution is -0.131. The van der Waals surface area contributed by atoms with Crippen LogP contribution in [-0.4, -0.2) is 54.0 Å². The molecule has 0 bridgehead atoms. The van der Waals surface area contributed by atoms with Gasteiger partial charge in [-0.15, -0.1) is 23.4 Å². The Labute approximate surface area is 151 Å². The Hall–Kier alpha value is -1.24. The minimum atomic E-state index is -0.106. The van der Waals surface area contributed by atoms with E-state index < -0.39 is 0 Å². The number of rotatable bonds is 5. The van der Waals surface area contributed by atoms with E-state index in [-0.39, 0.29) is 23.8 Å². The number of carbonyl (C=O) groups is 2. The molecule has 1 aromatic rings.